The highest BCUT2D eigenvalue weighted by molar-refractivity contribution is 6.23. The molecule has 0 radical (unpaired) electrons. The van der Waals surface area contributed by atoms with Gasteiger partial charge in [-0.05, 0) is 167 Å². The topological polar surface area (TPSA) is 0 Å². The zero-order valence-electron chi connectivity index (χ0n) is 52.4. The average Bonchev–Trinajstić information content (AvgIpc) is 1.69. The van der Waals surface area contributed by atoms with Crippen molar-refractivity contribution in [3.05, 3.63) is 273 Å². The summed E-state index contributed by atoms with van der Waals surface area (Å²) in [5.74, 6) is -20.3. The molecule has 13 rings (SSSR count). The van der Waals surface area contributed by atoms with Crippen molar-refractivity contribution in [3.63, 3.8) is 0 Å². The van der Waals surface area contributed by atoms with Gasteiger partial charge in [-0.2, -0.15) is 0 Å². The van der Waals surface area contributed by atoms with E-state index in [-0.39, 0.29) is 11.1 Å². The van der Waals surface area contributed by atoms with Gasteiger partial charge in [0.1, 0.15) is 0 Å². The summed E-state index contributed by atoms with van der Waals surface area (Å²) in [7, 11) is 0. The van der Waals surface area contributed by atoms with E-state index in [0.717, 1.165) is 66.8 Å². The molecule has 1 aliphatic rings. The van der Waals surface area contributed by atoms with Crippen LogP contribution < -0.4 is 0 Å². The van der Waals surface area contributed by atoms with Crippen LogP contribution in [0.1, 0.15) is 128 Å². The second kappa shape index (κ2) is 21.0. The zero-order chi connectivity index (χ0) is 65.1. The van der Waals surface area contributed by atoms with Gasteiger partial charge in [0.05, 0.1) is 16.5 Å². The standard InChI is InChI=1S/C81H64F10/c1-77(2,3)45-29-33-51-55(37-45)63(65-67(82)71(86)75(90)72(87)68(65)83)56-38-46(78(4,5)6)30-34-52(56)61(51)41-21-25-43(26-22-41)81(59-19-15-13-17-49(59)50-18-14-16-20-60(50)81)44-27-23-42(24-28-44)62-53-35-31-47(79(7,8)9)39-57(53)64(58-40-48(80(10,11)12)32-36-54(58)62)66-69(84)73(88)76(91)74(89)70(66)85/h13-40H,1-12H3. The lowest BCUT2D eigenvalue weighted by molar-refractivity contribution is 0.381. The molecule has 1 aliphatic carbocycles. The van der Waals surface area contributed by atoms with Crippen LogP contribution >= 0.6 is 0 Å². The Morgan fingerprint density at radius 1 is 0.231 bits per heavy atom. The fourth-order valence-corrected chi connectivity index (χ4v) is 13.9. The summed E-state index contributed by atoms with van der Waals surface area (Å²) in [6.45, 7) is 23.8. The van der Waals surface area contributed by atoms with Gasteiger partial charge >= 0.3 is 0 Å². The van der Waals surface area contributed by atoms with Crippen molar-refractivity contribution in [1.82, 2.24) is 0 Å². The normalized spacial score (nSPS) is 13.5. The summed E-state index contributed by atoms with van der Waals surface area (Å²) in [5, 5.41) is 3.34. The lowest BCUT2D eigenvalue weighted by atomic mass is 9.67. The van der Waals surface area contributed by atoms with Gasteiger partial charge < -0.3 is 0 Å². The Morgan fingerprint density at radius 2 is 0.473 bits per heavy atom. The van der Waals surface area contributed by atoms with Crippen molar-refractivity contribution in [1.29, 1.82) is 0 Å². The molecular formula is C81H64F10. The molecular weight excluding hydrogens is 1160 g/mol. The van der Waals surface area contributed by atoms with Crippen LogP contribution in [-0.4, -0.2) is 0 Å². The number of hydrogen-bond donors (Lipinski definition) is 0. The van der Waals surface area contributed by atoms with Crippen LogP contribution in [0, 0.1) is 58.2 Å². The van der Waals surface area contributed by atoms with Gasteiger partial charge in [0.2, 0.25) is 11.6 Å². The Balaban J connectivity index is 1.07. The molecule has 0 N–H and O–H groups in total. The SMILES string of the molecule is CC(C)(C)c1ccc2c(-c3ccc(C4(c5ccc(-c6c7ccc(C(C)(C)C)cc7c(-c7c(F)c(F)c(F)c(F)c7F)c7cc(C(C)(C)C)ccc67)cc5)c5ccccc5-c5ccccc54)cc3)c3ccc(C(C)(C)C)cc3c(-c3c(F)c(F)c(F)c(F)c3F)c2c1. The Bertz CT molecular complexity index is 4540. The van der Waals surface area contributed by atoms with Crippen molar-refractivity contribution >= 4 is 43.1 Å². The van der Waals surface area contributed by atoms with E-state index in [9.17, 15) is 8.78 Å². The molecule has 0 bridgehead atoms. The fraction of sp³-hybridized carbons (Fsp3) is 0.210. The van der Waals surface area contributed by atoms with Gasteiger partial charge in [-0.3, -0.25) is 0 Å². The predicted molar refractivity (Wildman–Crippen MR) is 350 cm³/mol. The summed E-state index contributed by atoms with van der Waals surface area (Å²) in [4.78, 5) is 0. The minimum Gasteiger partial charge on any atom is -0.203 e. The van der Waals surface area contributed by atoms with Gasteiger partial charge in [-0.25, -0.2) is 43.9 Å². The van der Waals surface area contributed by atoms with Crippen molar-refractivity contribution in [2.75, 3.05) is 0 Å². The van der Waals surface area contributed by atoms with Crippen molar-refractivity contribution in [3.8, 4) is 55.6 Å². The van der Waals surface area contributed by atoms with Crippen LogP contribution in [0.25, 0.3) is 98.7 Å². The maximum Gasteiger partial charge on any atom is 0.200 e. The van der Waals surface area contributed by atoms with E-state index in [0.29, 0.717) is 54.2 Å². The first-order valence-electron chi connectivity index (χ1n) is 30.4. The Morgan fingerprint density at radius 3 is 0.725 bits per heavy atom. The highest BCUT2D eigenvalue weighted by atomic mass is 19.2. The van der Waals surface area contributed by atoms with Crippen LogP contribution in [0.4, 0.5) is 43.9 Å². The second-order valence-electron chi connectivity index (χ2n) is 28.4. The third kappa shape index (κ3) is 9.31. The number of hydrogen-bond acceptors (Lipinski definition) is 0. The maximum absolute atomic E-state index is 16.5. The van der Waals surface area contributed by atoms with Gasteiger partial charge in [0, 0.05) is 11.1 Å². The smallest absolute Gasteiger partial charge is 0.200 e. The van der Waals surface area contributed by atoms with E-state index < -0.39 is 96.4 Å². The third-order valence-electron chi connectivity index (χ3n) is 18.8. The molecule has 0 spiro atoms. The molecule has 0 heterocycles. The Kier molecular flexibility index (Phi) is 14.1. The first-order chi connectivity index (χ1) is 42.8. The van der Waals surface area contributed by atoms with Gasteiger partial charge in [-0.1, -0.05) is 229 Å². The molecule has 0 fully saturated rings. The molecule has 10 heteroatoms. The number of fused-ring (bicyclic) bond motifs is 7. The van der Waals surface area contributed by atoms with E-state index >= 15 is 35.1 Å². The summed E-state index contributed by atoms with van der Waals surface area (Å²) in [5.41, 5.74) is 6.48. The molecule has 0 saturated heterocycles. The summed E-state index contributed by atoms with van der Waals surface area (Å²) in [6.07, 6.45) is 0. The Hall–Kier alpha value is -9.02. The van der Waals surface area contributed by atoms with E-state index in [4.69, 9.17) is 0 Å². The zero-order valence-corrected chi connectivity index (χ0v) is 52.4. The molecule has 0 saturated carbocycles. The molecule has 91 heavy (non-hydrogen) atoms. The molecule has 0 amide bonds. The molecule has 0 aromatic heterocycles. The fourth-order valence-electron chi connectivity index (χ4n) is 13.9. The average molecular weight is 1230 g/mol. The van der Waals surface area contributed by atoms with Gasteiger partial charge in [-0.15, -0.1) is 0 Å². The third-order valence-corrected chi connectivity index (χ3v) is 18.8. The lowest BCUT2D eigenvalue weighted by Gasteiger charge is -2.34. The maximum atomic E-state index is 16.5. The predicted octanol–water partition coefficient (Wildman–Crippen LogP) is 23.9. The van der Waals surface area contributed by atoms with Crippen molar-refractivity contribution in [2.24, 2.45) is 0 Å². The minimum absolute atomic E-state index is 0.111. The summed E-state index contributed by atoms with van der Waals surface area (Å²) in [6, 6.07) is 55.2. The first kappa shape index (κ1) is 60.9. The number of halogens is 10. The first-order valence-corrected chi connectivity index (χ1v) is 30.4. The van der Waals surface area contributed by atoms with Crippen LogP contribution in [-0.2, 0) is 27.1 Å². The van der Waals surface area contributed by atoms with E-state index in [2.05, 4.69) is 48.5 Å². The van der Waals surface area contributed by atoms with Crippen molar-refractivity contribution in [2.45, 2.75) is 110 Å². The molecule has 12 aromatic rings. The van der Waals surface area contributed by atoms with Crippen LogP contribution in [0.2, 0.25) is 0 Å². The summed E-state index contributed by atoms with van der Waals surface area (Å²) < 4.78 is 158. The minimum atomic E-state index is -2.24. The highest BCUT2D eigenvalue weighted by Gasteiger charge is 2.46. The van der Waals surface area contributed by atoms with Crippen LogP contribution in [0.15, 0.2) is 170 Å². The number of rotatable bonds is 6. The summed E-state index contributed by atoms with van der Waals surface area (Å²) >= 11 is 0. The van der Waals surface area contributed by atoms with Gasteiger partial charge in [0.15, 0.2) is 46.5 Å². The van der Waals surface area contributed by atoms with E-state index in [1.165, 1.54) is 0 Å². The monoisotopic (exact) mass is 1230 g/mol. The largest absolute Gasteiger partial charge is 0.203 e. The highest BCUT2D eigenvalue weighted by Crippen LogP contribution is 2.58. The molecule has 458 valence electrons. The quantitative estimate of drug-likeness (QED) is 0.0674. The molecule has 12 aromatic carbocycles. The van der Waals surface area contributed by atoms with Gasteiger partial charge in [0.25, 0.3) is 0 Å². The molecule has 0 atom stereocenters. The molecule has 0 aliphatic heterocycles. The Labute approximate surface area is 522 Å². The molecule has 0 unspecified atom stereocenters. The second-order valence-corrected chi connectivity index (χ2v) is 28.4. The molecule has 0 nitrogen and oxygen atoms in total. The van der Waals surface area contributed by atoms with E-state index in [1.807, 2.05) is 180 Å². The number of benzene rings is 12. The van der Waals surface area contributed by atoms with E-state index in [1.54, 1.807) is 24.3 Å². The van der Waals surface area contributed by atoms with Crippen LogP contribution in [0.3, 0.4) is 0 Å². The lowest BCUT2D eigenvalue weighted by Crippen LogP contribution is -2.28. The van der Waals surface area contributed by atoms with Crippen LogP contribution in [0.5, 0.6) is 0 Å². The van der Waals surface area contributed by atoms with Crippen molar-refractivity contribution < 1.29 is 43.9 Å².